The molecule has 0 aromatic rings. The summed E-state index contributed by atoms with van der Waals surface area (Å²) in [7, 11) is -3.25. The predicted molar refractivity (Wildman–Crippen MR) is 37.0 cm³/mol. The van der Waals surface area contributed by atoms with Crippen LogP contribution in [0.5, 0.6) is 0 Å². The van der Waals surface area contributed by atoms with Gasteiger partial charge in [0.25, 0.3) is 0 Å². The maximum absolute atomic E-state index is 10.4. The van der Waals surface area contributed by atoms with Gasteiger partial charge in [-0.2, -0.15) is 0 Å². The predicted octanol–water partition coefficient (Wildman–Crippen LogP) is 1.45. The van der Waals surface area contributed by atoms with Crippen LogP contribution in [0, 0.1) is 0 Å². The fraction of sp³-hybridized carbons (Fsp3) is 1.00. The Hall–Kier alpha value is 0.440. The van der Waals surface area contributed by atoms with Crippen LogP contribution in [-0.2, 0) is 9.09 Å². The third-order valence-electron chi connectivity index (χ3n) is 0.609. The van der Waals surface area contributed by atoms with E-state index in [1.165, 1.54) is 0 Å². The Morgan fingerprint density at radius 2 is 2.33 bits per heavy atom. The van der Waals surface area contributed by atoms with Gasteiger partial charge in [0.1, 0.15) is 0 Å². The van der Waals surface area contributed by atoms with E-state index in [1.54, 1.807) is 0 Å². The third-order valence-corrected chi connectivity index (χ3v) is 1.54. The molecule has 0 aliphatic carbocycles. The second-order valence-electron chi connectivity index (χ2n) is 1.68. The Labute approximate surface area is 59.5 Å². The molecule has 0 aliphatic rings. The Kier molecular flexibility index (Phi) is 4.50. The Morgan fingerprint density at radius 1 is 1.78 bits per heavy atom. The van der Waals surface area contributed by atoms with Gasteiger partial charge in [0.05, 0.1) is 6.61 Å². The van der Waals surface area contributed by atoms with Crippen LogP contribution in [0.15, 0.2) is 0 Å². The fourth-order valence-corrected chi connectivity index (χ4v) is 0.865. The van der Waals surface area contributed by atoms with Crippen LogP contribution in [0.1, 0.15) is 6.42 Å². The fourth-order valence-electron chi connectivity index (χ4n) is 0.288. The molecule has 1 unspecified atom stereocenters. The zero-order chi connectivity index (χ0) is 7.33. The summed E-state index contributed by atoms with van der Waals surface area (Å²) >= 11 is 5.28. The topological polar surface area (TPSA) is 46.5 Å². The van der Waals surface area contributed by atoms with E-state index >= 15 is 0 Å². The molecule has 0 saturated carbocycles. The van der Waals surface area contributed by atoms with Gasteiger partial charge in [-0.25, -0.2) is 0 Å². The summed E-state index contributed by atoms with van der Waals surface area (Å²) in [4.78, 5) is 8.53. The molecule has 0 heterocycles. The minimum atomic E-state index is -3.25. The summed E-state index contributed by atoms with van der Waals surface area (Å²) in [6.07, 6.45) is 0.611. The molecule has 5 heteroatoms. The highest BCUT2D eigenvalue weighted by molar-refractivity contribution is 7.51. The maximum atomic E-state index is 10.4. The van der Waals surface area contributed by atoms with E-state index < -0.39 is 7.60 Å². The molecule has 1 N–H and O–H groups in total. The van der Waals surface area contributed by atoms with Crippen molar-refractivity contribution in [3.8, 4) is 0 Å². The van der Waals surface area contributed by atoms with Gasteiger partial charge in [-0.15, -0.1) is 11.6 Å². The molecule has 1 atom stereocenters. The summed E-state index contributed by atoms with van der Waals surface area (Å²) in [5, 5.41) is 0. The van der Waals surface area contributed by atoms with E-state index in [0.717, 1.165) is 6.66 Å². The van der Waals surface area contributed by atoms with Crippen LogP contribution in [0.25, 0.3) is 0 Å². The van der Waals surface area contributed by atoms with Gasteiger partial charge in [0.2, 0.25) is 0 Å². The average Bonchev–Trinajstić information content (AvgIpc) is 1.63. The molecule has 3 nitrogen and oxygen atoms in total. The number of alkyl halides is 1. The van der Waals surface area contributed by atoms with E-state index in [0.29, 0.717) is 12.3 Å². The molecule has 0 fully saturated rings. The Balaban J connectivity index is 3.18. The van der Waals surface area contributed by atoms with Crippen LogP contribution in [0.4, 0.5) is 0 Å². The number of hydrogen-bond acceptors (Lipinski definition) is 2. The summed E-state index contributed by atoms with van der Waals surface area (Å²) < 4.78 is 14.9. The number of hydrogen-bond donors (Lipinski definition) is 1. The molecular formula is C4H10ClO3P. The number of halogens is 1. The highest BCUT2D eigenvalue weighted by atomic mass is 35.5. The SMILES string of the molecule is CP(=O)(O)OCCCCl. The van der Waals surface area contributed by atoms with Crippen molar-refractivity contribution in [2.75, 3.05) is 19.2 Å². The van der Waals surface area contributed by atoms with Crippen molar-refractivity contribution in [3.05, 3.63) is 0 Å². The zero-order valence-corrected chi connectivity index (χ0v) is 6.86. The van der Waals surface area contributed by atoms with Crippen LogP contribution >= 0.6 is 19.2 Å². The quantitative estimate of drug-likeness (QED) is 0.397. The minimum Gasteiger partial charge on any atom is -0.324 e. The van der Waals surface area contributed by atoms with Gasteiger partial charge in [0.15, 0.2) is 0 Å². The summed E-state index contributed by atoms with van der Waals surface area (Å²) in [6.45, 7) is 1.41. The maximum Gasteiger partial charge on any atom is 0.325 e. The van der Waals surface area contributed by atoms with Crippen molar-refractivity contribution in [1.29, 1.82) is 0 Å². The molecular weight excluding hydrogens is 162 g/mol. The van der Waals surface area contributed by atoms with Gasteiger partial charge < -0.3 is 9.42 Å². The van der Waals surface area contributed by atoms with Crippen molar-refractivity contribution < 1.29 is 14.0 Å². The molecule has 9 heavy (non-hydrogen) atoms. The van der Waals surface area contributed by atoms with Gasteiger partial charge in [0, 0.05) is 12.5 Å². The number of rotatable bonds is 4. The minimum absolute atomic E-state index is 0.258. The lowest BCUT2D eigenvalue weighted by atomic mass is 10.5. The first-order valence-electron chi connectivity index (χ1n) is 2.57. The van der Waals surface area contributed by atoms with E-state index in [1.807, 2.05) is 0 Å². The van der Waals surface area contributed by atoms with Gasteiger partial charge in [-0.3, -0.25) is 4.57 Å². The van der Waals surface area contributed by atoms with Gasteiger partial charge in [-0.05, 0) is 6.42 Å². The lowest BCUT2D eigenvalue weighted by Gasteiger charge is -2.03. The van der Waals surface area contributed by atoms with Crippen molar-refractivity contribution in [2.45, 2.75) is 6.42 Å². The van der Waals surface area contributed by atoms with Crippen LogP contribution in [0.3, 0.4) is 0 Å². The van der Waals surface area contributed by atoms with Crippen molar-refractivity contribution in [3.63, 3.8) is 0 Å². The smallest absolute Gasteiger partial charge is 0.324 e. The Bertz CT molecular complexity index is 110. The van der Waals surface area contributed by atoms with E-state index in [9.17, 15) is 4.57 Å². The van der Waals surface area contributed by atoms with E-state index in [4.69, 9.17) is 16.5 Å². The monoisotopic (exact) mass is 172 g/mol. The van der Waals surface area contributed by atoms with Gasteiger partial charge in [-0.1, -0.05) is 0 Å². The first kappa shape index (κ1) is 9.44. The molecule has 0 aromatic carbocycles. The molecule has 0 amide bonds. The third kappa shape index (κ3) is 8.44. The van der Waals surface area contributed by atoms with Crippen molar-refractivity contribution in [2.24, 2.45) is 0 Å². The first-order chi connectivity index (χ1) is 4.06. The molecule has 0 spiro atoms. The molecule has 0 aliphatic heterocycles. The first-order valence-corrected chi connectivity index (χ1v) is 5.13. The standard InChI is InChI=1S/C4H10ClO3P/c1-9(6,7)8-4-2-3-5/h2-4H2,1H3,(H,6,7). The van der Waals surface area contributed by atoms with Crippen molar-refractivity contribution in [1.82, 2.24) is 0 Å². The lowest BCUT2D eigenvalue weighted by Crippen LogP contribution is -1.91. The second-order valence-corrected chi connectivity index (χ2v) is 3.92. The van der Waals surface area contributed by atoms with Gasteiger partial charge >= 0.3 is 7.60 Å². The van der Waals surface area contributed by atoms with E-state index in [2.05, 4.69) is 4.52 Å². The highest BCUT2D eigenvalue weighted by Gasteiger charge is 2.07. The zero-order valence-electron chi connectivity index (χ0n) is 5.21. The molecule has 0 rings (SSSR count). The molecule has 0 bridgehead atoms. The van der Waals surface area contributed by atoms with Crippen molar-refractivity contribution >= 4 is 19.2 Å². The summed E-state index contributed by atoms with van der Waals surface area (Å²) in [5.74, 6) is 0.458. The van der Waals surface area contributed by atoms with Crippen LogP contribution in [-0.4, -0.2) is 24.0 Å². The normalized spacial score (nSPS) is 17.2. The second kappa shape index (κ2) is 4.29. The summed E-state index contributed by atoms with van der Waals surface area (Å²) in [5.41, 5.74) is 0. The summed E-state index contributed by atoms with van der Waals surface area (Å²) in [6, 6.07) is 0. The highest BCUT2D eigenvalue weighted by Crippen LogP contribution is 2.36. The van der Waals surface area contributed by atoms with E-state index in [-0.39, 0.29) is 6.61 Å². The van der Waals surface area contributed by atoms with Crippen LogP contribution < -0.4 is 0 Å². The largest absolute Gasteiger partial charge is 0.325 e. The van der Waals surface area contributed by atoms with Crippen LogP contribution in [0.2, 0.25) is 0 Å². The average molecular weight is 173 g/mol. The molecule has 0 aromatic heterocycles. The Morgan fingerprint density at radius 3 is 2.67 bits per heavy atom. The lowest BCUT2D eigenvalue weighted by molar-refractivity contribution is 0.265. The molecule has 0 saturated heterocycles. The molecule has 0 radical (unpaired) electrons. The molecule has 56 valence electrons.